The average molecular weight is 582 g/mol. The fraction of sp³-hybridized carbons (Fsp3) is 0.214. The van der Waals surface area contributed by atoms with Crippen molar-refractivity contribution in [3.63, 3.8) is 0 Å². The van der Waals surface area contributed by atoms with E-state index in [9.17, 15) is 0 Å². The fourth-order valence-electron chi connectivity index (χ4n) is 8.35. The van der Waals surface area contributed by atoms with E-state index in [1.165, 1.54) is 61.2 Å². The molecule has 0 spiro atoms. The topological polar surface area (TPSA) is 38.7 Å². The van der Waals surface area contributed by atoms with Crippen LogP contribution in [0.4, 0.5) is 0 Å². The maximum atomic E-state index is 5.35. The van der Waals surface area contributed by atoms with Crippen LogP contribution >= 0.6 is 0 Å². The van der Waals surface area contributed by atoms with Crippen LogP contribution in [0.3, 0.4) is 0 Å². The molecule has 3 heterocycles. The molecule has 0 unspecified atom stereocenters. The fourth-order valence-corrected chi connectivity index (χ4v) is 8.35. The van der Waals surface area contributed by atoms with Gasteiger partial charge in [-0.05, 0) is 74.8 Å². The van der Waals surface area contributed by atoms with Gasteiger partial charge in [-0.25, -0.2) is 9.97 Å². The minimum Gasteiger partial charge on any atom is -0.256 e. The number of benzene rings is 3. The van der Waals surface area contributed by atoms with Crippen LogP contribution in [0.25, 0.3) is 56.3 Å². The van der Waals surface area contributed by atoms with Gasteiger partial charge >= 0.3 is 0 Å². The van der Waals surface area contributed by atoms with Crippen molar-refractivity contribution in [2.75, 3.05) is 0 Å². The lowest BCUT2D eigenvalue weighted by Gasteiger charge is -2.22. The number of hydrogen-bond acceptors (Lipinski definition) is 3. The molecule has 3 nitrogen and oxygen atoms in total. The Labute approximate surface area is 265 Å². The van der Waals surface area contributed by atoms with Gasteiger partial charge in [0.25, 0.3) is 0 Å². The summed E-state index contributed by atoms with van der Waals surface area (Å²) in [5.41, 5.74) is 18.7. The zero-order valence-electron chi connectivity index (χ0n) is 26.7. The van der Waals surface area contributed by atoms with Gasteiger partial charge in [0.2, 0.25) is 0 Å². The molecule has 0 fully saturated rings. The summed E-state index contributed by atoms with van der Waals surface area (Å²) >= 11 is 0. The van der Waals surface area contributed by atoms with Crippen molar-refractivity contribution < 1.29 is 0 Å². The smallest absolute Gasteiger partial charge is 0.0894 e. The predicted molar refractivity (Wildman–Crippen MR) is 183 cm³/mol. The Kier molecular flexibility index (Phi) is 5.09. The van der Waals surface area contributed by atoms with Gasteiger partial charge in [0.1, 0.15) is 0 Å². The largest absolute Gasteiger partial charge is 0.256 e. The van der Waals surface area contributed by atoms with E-state index in [0.29, 0.717) is 0 Å². The van der Waals surface area contributed by atoms with Crippen LogP contribution in [0.2, 0.25) is 0 Å². The van der Waals surface area contributed by atoms with E-state index in [4.69, 9.17) is 15.0 Å². The summed E-state index contributed by atoms with van der Waals surface area (Å²) in [5.74, 6) is 0. The van der Waals surface area contributed by atoms with E-state index in [0.717, 1.165) is 28.5 Å². The summed E-state index contributed by atoms with van der Waals surface area (Å²) in [5, 5.41) is 0. The molecule has 0 saturated carbocycles. The lowest BCUT2D eigenvalue weighted by atomic mass is 9.81. The molecule has 3 aliphatic carbocycles. The minimum absolute atomic E-state index is 0.0535. The van der Waals surface area contributed by atoms with Crippen LogP contribution in [0, 0.1) is 0 Å². The average Bonchev–Trinajstić information content (AvgIpc) is 3.53. The molecule has 45 heavy (non-hydrogen) atoms. The van der Waals surface area contributed by atoms with Gasteiger partial charge in [0.05, 0.1) is 28.5 Å². The summed E-state index contributed by atoms with van der Waals surface area (Å²) < 4.78 is 0. The highest BCUT2D eigenvalue weighted by atomic mass is 14.8. The Morgan fingerprint density at radius 3 is 1.44 bits per heavy atom. The van der Waals surface area contributed by atoms with Crippen molar-refractivity contribution in [1.29, 1.82) is 0 Å². The molecule has 3 aromatic heterocycles. The van der Waals surface area contributed by atoms with Crippen LogP contribution in [0.5, 0.6) is 0 Å². The van der Waals surface area contributed by atoms with Crippen molar-refractivity contribution >= 4 is 0 Å². The Balaban J connectivity index is 1.16. The lowest BCUT2D eigenvalue weighted by Crippen LogP contribution is -2.15. The summed E-state index contributed by atoms with van der Waals surface area (Å²) in [6.07, 6.45) is 1.91. The number of hydrogen-bond donors (Lipinski definition) is 0. The third-order valence-electron chi connectivity index (χ3n) is 11.0. The molecule has 3 heteroatoms. The molecule has 0 radical (unpaired) electrons. The maximum Gasteiger partial charge on any atom is 0.0894 e. The first-order chi connectivity index (χ1) is 21.6. The quantitative estimate of drug-likeness (QED) is 0.204. The number of rotatable bonds is 2. The van der Waals surface area contributed by atoms with Crippen molar-refractivity contribution in [1.82, 2.24) is 15.0 Å². The van der Waals surface area contributed by atoms with E-state index in [-0.39, 0.29) is 16.2 Å². The maximum absolute atomic E-state index is 5.35. The van der Waals surface area contributed by atoms with Gasteiger partial charge in [0.15, 0.2) is 0 Å². The number of nitrogens with zero attached hydrogens (tertiary/aromatic N) is 3. The van der Waals surface area contributed by atoms with Gasteiger partial charge in [-0.2, -0.15) is 0 Å². The number of pyridine rings is 3. The van der Waals surface area contributed by atoms with Gasteiger partial charge in [-0.1, -0.05) is 108 Å². The van der Waals surface area contributed by atoms with E-state index in [2.05, 4.69) is 133 Å². The second-order valence-corrected chi connectivity index (χ2v) is 14.5. The molecule has 218 valence electrons. The van der Waals surface area contributed by atoms with Crippen molar-refractivity contribution in [3.05, 3.63) is 137 Å². The van der Waals surface area contributed by atoms with Crippen molar-refractivity contribution in [3.8, 4) is 56.3 Å². The Morgan fingerprint density at radius 2 is 0.844 bits per heavy atom. The highest BCUT2D eigenvalue weighted by Gasteiger charge is 2.39. The lowest BCUT2D eigenvalue weighted by molar-refractivity contribution is 0.658. The zero-order valence-corrected chi connectivity index (χ0v) is 26.7. The molecular formula is C42H35N3. The van der Waals surface area contributed by atoms with E-state index < -0.39 is 0 Å². The van der Waals surface area contributed by atoms with Crippen LogP contribution in [-0.2, 0) is 16.2 Å². The van der Waals surface area contributed by atoms with Crippen LogP contribution < -0.4 is 0 Å². The molecule has 3 aromatic carbocycles. The van der Waals surface area contributed by atoms with Gasteiger partial charge in [-0.3, -0.25) is 4.98 Å². The molecule has 0 amide bonds. The molecule has 9 rings (SSSR count). The molecule has 0 bridgehead atoms. The Hall–Kier alpha value is -4.89. The van der Waals surface area contributed by atoms with Crippen LogP contribution in [0.1, 0.15) is 74.9 Å². The summed E-state index contributed by atoms with van der Waals surface area (Å²) in [7, 11) is 0. The Bertz CT molecular complexity index is 2090. The van der Waals surface area contributed by atoms with Gasteiger partial charge < -0.3 is 0 Å². The highest BCUT2D eigenvalue weighted by Crippen LogP contribution is 2.52. The summed E-state index contributed by atoms with van der Waals surface area (Å²) in [6.45, 7) is 13.8. The second-order valence-electron chi connectivity index (χ2n) is 14.5. The summed E-state index contributed by atoms with van der Waals surface area (Å²) in [6, 6.07) is 35.6. The SMILES string of the molecule is CC1(C)c2ccc(-c3ccc4c(c3)-c3nc(-c5ccc6c(n5)-c5ccccc5C6(C)C)ccc3C4(C)C)cc2-c2ncccc21. The van der Waals surface area contributed by atoms with Crippen molar-refractivity contribution in [2.24, 2.45) is 0 Å². The third-order valence-corrected chi connectivity index (χ3v) is 11.0. The van der Waals surface area contributed by atoms with E-state index in [1.54, 1.807) is 0 Å². The highest BCUT2D eigenvalue weighted by molar-refractivity contribution is 5.87. The zero-order chi connectivity index (χ0) is 30.9. The molecular weight excluding hydrogens is 546 g/mol. The molecule has 0 N–H and O–H groups in total. The molecule has 6 aromatic rings. The monoisotopic (exact) mass is 581 g/mol. The second kappa shape index (κ2) is 8.63. The first kappa shape index (κ1) is 26.5. The van der Waals surface area contributed by atoms with Gasteiger partial charge in [0, 0.05) is 39.1 Å². The van der Waals surface area contributed by atoms with Crippen molar-refractivity contribution in [2.45, 2.75) is 57.8 Å². The first-order valence-corrected chi connectivity index (χ1v) is 16.0. The molecule has 0 saturated heterocycles. The molecule has 0 atom stereocenters. The van der Waals surface area contributed by atoms with E-state index in [1.807, 2.05) is 12.3 Å². The summed E-state index contributed by atoms with van der Waals surface area (Å²) in [4.78, 5) is 15.4. The van der Waals surface area contributed by atoms with E-state index >= 15 is 0 Å². The normalized spacial score (nSPS) is 16.8. The standard InChI is InChI=1S/C42H35N3/c1-40(2)29-11-8-7-10-26(29)38-33(40)17-19-35(44-38)36-20-18-34-39(45-36)28-23-25(14-16-31(28)42(34,5)6)24-13-15-30-27(22-24)37-32(41(30,3)4)12-9-21-43-37/h7-23H,1-6H3. The first-order valence-electron chi connectivity index (χ1n) is 16.0. The number of fused-ring (bicyclic) bond motifs is 9. The predicted octanol–water partition coefficient (Wildman–Crippen LogP) is 10.1. The molecule has 0 aliphatic heterocycles. The van der Waals surface area contributed by atoms with Gasteiger partial charge in [-0.15, -0.1) is 0 Å². The number of aromatic nitrogens is 3. The molecule has 3 aliphatic rings. The third kappa shape index (κ3) is 3.44. The van der Waals surface area contributed by atoms with Crippen LogP contribution in [-0.4, -0.2) is 15.0 Å². The Morgan fingerprint density at radius 1 is 0.400 bits per heavy atom. The van der Waals surface area contributed by atoms with Crippen LogP contribution in [0.15, 0.2) is 103 Å². The minimum atomic E-state index is -0.131.